The maximum Gasteiger partial charge on any atom is 0.224 e. The molecule has 1 aromatic rings. The Morgan fingerprint density at radius 3 is 2.76 bits per heavy atom. The van der Waals surface area contributed by atoms with Gasteiger partial charge in [-0.05, 0) is 55.3 Å². The fourth-order valence-electron chi connectivity index (χ4n) is 2.28. The van der Waals surface area contributed by atoms with E-state index in [4.69, 9.17) is 10.8 Å². The molecule has 0 spiro atoms. The van der Waals surface area contributed by atoms with Crippen molar-refractivity contribution in [2.45, 2.75) is 46.0 Å². The van der Waals surface area contributed by atoms with Crippen molar-refractivity contribution in [2.24, 2.45) is 11.1 Å². The zero-order chi connectivity index (χ0) is 15.7. The maximum absolute atomic E-state index is 12.0. The Kier molecular flexibility index (Phi) is 7.40. The summed E-state index contributed by atoms with van der Waals surface area (Å²) in [5, 5.41) is 11.8. The highest BCUT2D eigenvalue weighted by molar-refractivity contribution is 5.90. The Balaban J connectivity index is 2.47. The van der Waals surface area contributed by atoms with Gasteiger partial charge in [0.05, 0.1) is 0 Å². The third-order valence-corrected chi connectivity index (χ3v) is 3.68. The summed E-state index contributed by atoms with van der Waals surface area (Å²) in [4.78, 5) is 12.0. The second-order valence-corrected chi connectivity index (χ2v) is 6.28. The van der Waals surface area contributed by atoms with Crippen molar-refractivity contribution < 1.29 is 9.90 Å². The summed E-state index contributed by atoms with van der Waals surface area (Å²) < 4.78 is 0. The smallest absolute Gasteiger partial charge is 0.224 e. The van der Waals surface area contributed by atoms with Crippen LogP contribution in [-0.2, 0) is 11.2 Å². The highest BCUT2D eigenvalue weighted by atomic mass is 16.2. The minimum absolute atomic E-state index is 0.0411. The summed E-state index contributed by atoms with van der Waals surface area (Å²) in [5.41, 5.74) is 7.64. The topological polar surface area (TPSA) is 75.4 Å². The van der Waals surface area contributed by atoms with Crippen LogP contribution in [0.4, 0.5) is 5.69 Å². The first kappa shape index (κ1) is 17.7. The van der Waals surface area contributed by atoms with E-state index in [0.29, 0.717) is 13.0 Å². The van der Waals surface area contributed by atoms with Crippen molar-refractivity contribution in [1.82, 2.24) is 0 Å². The Labute approximate surface area is 127 Å². The lowest BCUT2D eigenvalue weighted by Crippen LogP contribution is -2.20. The van der Waals surface area contributed by atoms with Crippen LogP contribution in [0.2, 0.25) is 0 Å². The second-order valence-electron chi connectivity index (χ2n) is 6.28. The summed E-state index contributed by atoms with van der Waals surface area (Å²) in [7, 11) is 0. The molecule has 0 bridgehead atoms. The SMILES string of the molecule is CC(C)(CCN)CCC(=O)Nc1cccc(CCCO)c1. The number of aliphatic hydroxyl groups excluding tert-OH is 1. The Morgan fingerprint density at radius 2 is 2.10 bits per heavy atom. The number of aliphatic hydroxyl groups is 1. The van der Waals surface area contributed by atoms with E-state index in [-0.39, 0.29) is 17.9 Å². The summed E-state index contributed by atoms with van der Waals surface area (Å²) in [5.74, 6) is 0.0411. The molecule has 4 N–H and O–H groups in total. The van der Waals surface area contributed by atoms with E-state index in [2.05, 4.69) is 19.2 Å². The number of amides is 1. The molecular formula is C17H28N2O2. The van der Waals surface area contributed by atoms with E-state index in [1.807, 2.05) is 24.3 Å². The molecule has 0 aliphatic carbocycles. The van der Waals surface area contributed by atoms with Gasteiger partial charge in [0.25, 0.3) is 0 Å². The molecule has 118 valence electrons. The number of nitrogens with two attached hydrogens (primary N) is 1. The van der Waals surface area contributed by atoms with E-state index in [1.165, 1.54) is 0 Å². The third kappa shape index (κ3) is 7.25. The second kappa shape index (κ2) is 8.80. The van der Waals surface area contributed by atoms with Gasteiger partial charge in [0.2, 0.25) is 5.91 Å². The van der Waals surface area contributed by atoms with E-state index < -0.39 is 0 Å². The van der Waals surface area contributed by atoms with Crippen LogP contribution in [-0.4, -0.2) is 24.2 Å². The molecule has 21 heavy (non-hydrogen) atoms. The number of carbonyl (C=O) groups excluding carboxylic acids is 1. The molecular weight excluding hydrogens is 264 g/mol. The first-order valence-electron chi connectivity index (χ1n) is 7.66. The fraction of sp³-hybridized carbons (Fsp3) is 0.588. The molecule has 0 heterocycles. The van der Waals surface area contributed by atoms with Crippen molar-refractivity contribution >= 4 is 11.6 Å². The van der Waals surface area contributed by atoms with Crippen LogP contribution in [0.3, 0.4) is 0 Å². The van der Waals surface area contributed by atoms with Gasteiger partial charge in [0, 0.05) is 18.7 Å². The van der Waals surface area contributed by atoms with Gasteiger partial charge in [-0.3, -0.25) is 4.79 Å². The first-order chi connectivity index (χ1) is 9.96. The van der Waals surface area contributed by atoms with Crippen molar-refractivity contribution in [2.75, 3.05) is 18.5 Å². The fourth-order valence-corrected chi connectivity index (χ4v) is 2.28. The quantitative estimate of drug-likeness (QED) is 0.655. The Morgan fingerprint density at radius 1 is 1.33 bits per heavy atom. The highest BCUT2D eigenvalue weighted by Crippen LogP contribution is 2.26. The third-order valence-electron chi connectivity index (χ3n) is 3.68. The summed E-state index contributed by atoms with van der Waals surface area (Å²) in [6, 6.07) is 7.81. The lowest BCUT2D eigenvalue weighted by atomic mass is 9.84. The van der Waals surface area contributed by atoms with Crippen LogP contribution in [0.5, 0.6) is 0 Å². The molecule has 4 nitrogen and oxygen atoms in total. The average Bonchev–Trinajstić information content (AvgIpc) is 2.43. The monoisotopic (exact) mass is 292 g/mol. The van der Waals surface area contributed by atoms with Gasteiger partial charge in [-0.25, -0.2) is 0 Å². The summed E-state index contributed by atoms with van der Waals surface area (Å²) in [6.07, 6.45) is 3.83. The molecule has 0 aliphatic heterocycles. The van der Waals surface area contributed by atoms with Crippen molar-refractivity contribution in [1.29, 1.82) is 0 Å². The van der Waals surface area contributed by atoms with Gasteiger partial charge in [-0.15, -0.1) is 0 Å². The minimum atomic E-state index is 0.0411. The zero-order valence-electron chi connectivity index (χ0n) is 13.2. The molecule has 0 fully saturated rings. The van der Waals surface area contributed by atoms with Crippen LogP contribution in [0.1, 0.15) is 45.1 Å². The van der Waals surface area contributed by atoms with E-state index in [1.54, 1.807) is 0 Å². The number of aryl methyl sites for hydroxylation is 1. The van der Waals surface area contributed by atoms with E-state index >= 15 is 0 Å². The maximum atomic E-state index is 12.0. The number of benzene rings is 1. The molecule has 0 radical (unpaired) electrons. The van der Waals surface area contributed by atoms with Crippen molar-refractivity contribution in [3.63, 3.8) is 0 Å². The number of hydrogen-bond acceptors (Lipinski definition) is 3. The molecule has 0 saturated carbocycles. The standard InChI is InChI=1S/C17H28N2O2/c1-17(2,10-11-18)9-8-16(21)19-15-7-3-5-14(13-15)6-4-12-20/h3,5,7,13,20H,4,6,8-12,18H2,1-2H3,(H,19,21). The van der Waals surface area contributed by atoms with Crippen LogP contribution in [0.25, 0.3) is 0 Å². The largest absolute Gasteiger partial charge is 0.396 e. The summed E-state index contributed by atoms with van der Waals surface area (Å²) in [6.45, 7) is 5.12. The van der Waals surface area contributed by atoms with Gasteiger partial charge in [0.1, 0.15) is 0 Å². The van der Waals surface area contributed by atoms with Crippen LogP contribution in [0.15, 0.2) is 24.3 Å². The van der Waals surface area contributed by atoms with Gasteiger partial charge in [-0.1, -0.05) is 26.0 Å². The van der Waals surface area contributed by atoms with Gasteiger partial charge >= 0.3 is 0 Å². The first-order valence-corrected chi connectivity index (χ1v) is 7.66. The molecule has 0 aliphatic rings. The van der Waals surface area contributed by atoms with Crippen LogP contribution in [0, 0.1) is 5.41 Å². The van der Waals surface area contributed by atoms with Crippen LogP contribution >= 0.6 is 0 Å². The number of rotatable bonds is 9. The summed E-state index contributed by atoms with van der Waals surface area (Å²) >= 11 is 0. The lowest BCUT2D eigenvalue weighted by Gasteiger charge is -2.23. The van der Waals surface area contributed by atoms with Crippen molar-refractivity contribution in [3.8, 4) is 0 Å². The predicted molar refractivity (Wildman–Crippen MR) is 87.2 cm³/mol. The number of nitrogens with one attached hydrogen (secondary N) is 1. The normalized spacial score (nSPS) is 11.4. The molecule has 4 heteroatoms. The van der Waals surface area contributed by atoms with Crippen molar-refractivity contribution in [3.05, 3.63) is 29.8 Å². The number of hydrogen-bond donors (Lipinski definition) is 3. The predicted octanol–water partition coefficient (Wildman–Crippen LogP) is 2.71. The van der Waals surface area contributed by atoms with Gasteiger partial charge in [-0.2, -0.15) is 0 Å². The average molecular weight is 292 g/mol. The lowest BCUT2D eigenvalue weighted by molar-refractivity contribution is -0.116. The number of anilines is 1. The molecule has 0 aromatic heterocycles. The molecule has 0 unspecified atom stereocenters. The molecule has 0 atom stereocenters. The van der Waals surface area contributed by atoms with E-state index in [9.17, 15) is 4.79 Å². The van der Waals surface area contributed by atoms with Gasteiger partial charge in [0.15, 0.2) is 0 Å². The molecule has 0 saturated heterocycles. The van der Waals surface area contributed by atoms with Gasteiger partial charge < -0.3 is 16.2 Å². The molecule has 1 rings (SSSR count). The molecule has 1 amide bonds. The minimum Gasteiger partial charge on any atom is -0.396 e. The van der Waals surface area contributed by atoms with E-state index in [0.717, 1.165) is 36.9 Å². The van der Waals surface area contributed by atoms with Crippen LogP contribution < -0.4 is 11.1 Å². The Bertz CT molecular complexity index is 444. The zero-order valence-corrected chi connectivity index (χ0v) is 13.2. The number of carbonyl (C=O) groups is 1. The molecule has 1 aromatic carbocycles. The highest BCUT2D eigenvalue weighted by Gasteiger charge is 2.18. The Hall–Kier alpha value is -1.39.